The average Bonchev–Trinajstić information content (AvgIpc) is 3.13. The molecule has 2 N–H and O–H groups in total. The summed E-state index contributed by atoms with van der Waals surface area (Å²) in [4.78, 5) is 4.60. The number of hydrogen-bond donors (Lipinski definition) is 2. The number of aryl methyl sites for hydroxylation is 3. The van der Waals surface area contributed by atoms with Crippen molar-refractivity contribution in [2.24, 2.45) is 12.0 Å². The van der Waals surface area contributed by atoms with Crippen molar-refractivity contribution in [3.63, 3.8) is 0 Å². The van der Waals surface area contributed by atoms with E-state index in [9.17, 15) is 0 Å². The van der Waals surface area contributed by atoms with E-state index in [0.717, 1.165) is 42.5 Å². The number of aromatic nitrogens is 3. The first-order valence-electron chi connectivity index (χ1n) is 8.92. The van der Waals surface area contributed by atoms with E-state index in [1.165, 1.54) is 11.3 Å². The molecule has 2 aromatic heterocycles. The highest BCUT2D eigenvalue weighted by atomic mass is 127. The Morgan fingerprint density at radius 1 is 1.35 bits per heavy atom. The largest absolute Gasteiger partial charge is 0.359 e. The van der Waals surface area contributed by atoms with Gasteiger partial charge in [-0.15, -0.1) is 24.0 Å². The fraction of sp³-hybridized carbons (Fsp3) is 0.611. The van der Waals surface area contributed by atoms with Crippen molar-refractivity contribution < 1.29 is 4.52 Å². The van der Waals surface area contributed by atoms with Crippen molar-refractivity contribution in [2.75, 3.05) is 6.54 Å². The summed E-state index contributed by atoms with van der Waals surface area (Å²) < 4.78 is 7.23. The highest BCUT2D eigenvalue weighted by molar-refractivity contribution is 14.0. The molecule has 0 aliphatic carbocycles. The standard InChI is InChI=1S/C18H30N6O.HI/c1-7-15-10-16(25-23-15)11-20-18(19-8-2)21-12(3)9-17-13(4)22-24(6)14(17)5;/h10,12H,7-9,11H2,1-6H3,(H2,19,20,21);1H. The van der Waals surface area contributed by atoms with E-state index in [0.29, 0.717) is 6.54 Å². The second kappa shape index (κ2) is 10.5. The van der Waals surface area contributed by atoms with Gasteiger partial charge in [0.05, 0.1) is 11.4 Å². The lowest BCUT2D eigenvalue weighted by Crippen LogP contribution is -2.43. The van der Waals surface area contributed by atoms with Crippen molar-refractivity contribution in [1.29, 1.82) is 0 Å². The van der Waals surface area contributed by atoms with Crippen LogP contribution in [-0.2, 0) is 26.4 Å². The number of hydrogen-bond acceptors (Lipinski definition) is 4. The first-order valence-corrected chi connectivity index (χ1v) is 8.92. The van der Waals surface area contributed by atoms with Crippen molar-refractivity contribution in [1.82, 2.24) is 25.6 Å². The fourth-order valence-electron chi connectivity index (χ4n) is 2.78. The third-order valence-corrected chi connectivity index (χ3v) is 4.26. The molecule has 8 heteroatoms. The summed E-state index contributed by atoms with van der Waals surface area (Å²) in [5, 5.41) is 15.2. The Bertz CT molecular complexity index is 721. The topological polar surface area (TPSA) is 80.3 Å². The minimum atomic E-state index is 0. The molecule has 1 atom stereocenters. The fourth-order valence-corrected chi connectivity index (χ4v) is 2.78. The van der Waals surface area contributed by atoms with Gasteiger partial charge in [0.15, 0.2) is 11.7 Å². The minimum absolute atomic E-state index is 0. The van der Waals surface area contributed by atoms with E-state index < -0.39 is 0 Å². The second-order valence-corrected chi connectivity index (χ2v) is 6.36. The summed E-state index contributed by atoms with van der Waals surface area (Å²) in [5.74, 6) is 1.56. The molecule has 2 heterocycles. The molecule has 7 nitrogen and oxygen atoms in total. The Morgan fingerprint density at radius 2 is 2.08 bits per heavy atom. The van der Waals surface area contributed by atoms with Crippen molar-refractivity contribution in [3.8, 4) is 0 Å². The maximum Gasteiger partial charge on any atom is 0.191 e. The monoisotopic (exact) mass is 474 g/mol. The third kappa shape index (κ3) is 6.00. The van der Waals surface area contributed by atoms with Crippen LogP contribution in [0.15, 0.2) is 15.6 Å². The zero-order valence-electron chi connectivity index (χ0n) is 16.6. The van der Waals surface area contributed by atoms with Crippen LogP contribution in [0.3, 0.4) is 0 Å². The summed E-state index contributed by atoms with van der Waals surface area (Å²) in [7, 11) is 1.98. The Morgan fingerprint density at radius 3 is 2.62 bits per heavy atom. The molecule has 0 aromatic carbocycles. The Hall–Kier alpha value is -1.58. The molecule has 2 rings (SSSR count). The summed E-state index contributed by atoms with van der Waals surface area (Å²) in [6.07, 6.45) is 1.77. The molecule has 0 aliphatic rings. The number of rotatable bonds is 7. The maximum absolute atomic E-state index is 5.30. The molecule has 26 heavy (non-hydrogen) atoms. The van der Waals surface area contributed by atoms with Crippen molar-refractivity contribution in [3.05, 3.63) is 34.5 Å². The molecule has 0 amide bonds. The lowest BCUT2D eigenvalue weighted by atomic mass is 10.1. The molecule has 2 aromatic rings. The summed E-state index contributed by atoms with van der Waals surface area (Å²) in [6.45, 7) is 11.7. The van der Waals surface area contributed by atoms with Gasteiger partial charge in [-0.05, 0) is 46.1 Å². The quantitative estimate of drug-likeness (QED) is 0.367. The molecule has 146 valence electrons. The highest BCUT2D eigenvalue weighted by Gasteiger charge is 2.14. The Labute approximate surface area is 173 Å². The van der Waals surface area contributed by atoms with Gasteiger partial charge in [-0.25, -0.2) is 4.99 Å². The van der Waals surface area contributed by atoms with Gasteiger partial charge < -0.3 is 15.2 Å². The summed E-state index contributed by atoms with van der Waals surface area (Å²) in [6, 6.07) is 2.19. The minimum Gasteiger partial charge on any atom is -0.359 e. The van der Waals surface area contributed by atoms with E-state index in [1.54, 1.807) is 0 Å². The normalized spacial score (nSPS) is 12.6. The molecule has 0 saturated carbocycles. The van der Waals surface area contributed by atoms with Crippen LogP contribution in [0.25, 0.3) is 0 Å². The van der Waals surface area contributed by atoms with Gasteiger partial charge in [0.1, 0.15) is 6.54 Å². The van der Waals surface area contributed by atoms with Gasteiger partial charge in [0.25, 0.3) is 0 Å². The van der Waals surface area contributed by atoms with E-state index in [2.05, 4.69) is 60.5 Å². The molecule has 0 radical (unpaired) electrons. The smallest absolute Gasteiger partial charge is 0.191 e. The second-order valence-electron chi connectivity index (χ2n) is 6.36. The van der Waals surface area contributed by atoms with E-state index in [4.69, 9.17) is 4.52 Å². The Balaban J connectivity index is 0.00000338. The van der Waals surface area contributed by atoms with E-state index in [-0.39, 0.29) is 30.0 Å². The van der Waals surface area contributed by atoms with Crippen LogP contribution in [0.4, 0.5) is 0 Å². The number of guanidine groups is 1. The van der Waals surface area contributed by atoms with Crippen LogP contribution in [0.1, 0.15) is 49.2 Å². The van der Waals surface area contributed by atoms with Crippen LogP contribution < -0.4 is 10.6 Å². The van der Waals surface area contributed by atoms with Gasteiger partial charge in [0.2, 0.25) is 0 Å². The van der Waals surface area contributed by atoms with Crippen LogP contribution in [0.5, 0.6) is 0 Å². The number of aliphatic imine (C=N–C) groups is 1. The van der Waals surface area contributed by atoms with Crippen molar-refractivity contribution >= 4 is 29.9 Å². The molecule has 0 fully saturated rings. The molecule has 0 aliphatic heterocycles. The summed E-state index contributed by atoms with van der Waals surface area (Å²) >= 11 is 0. The average molecular weight is 474 g/mol. The molecular weight excluding hydrogens is 443 g/mol. The van der Waals surface area contributed by atoms with Gasteiger partial charge in [-0.3, -0.25) is 4.68 Å². The molecular formula is C18H31IN6O. The van der Waals surface area contributed by atoms with Crippen LogP contribution in [0.2, 0.25) is 0 Å². The molecule has 1 unspecified atom stereocenters. The third-order valence-electron chi connectivity index (χ3n) is 4.26. The van der Waals surface area contributed by atoms with E-state index >= 15 is 0 Å². The van der Waals surface area contributed by atoms with Gasteiger partial charge in [-0.2, -0.15) is 5.10 Å². The number of halogens is 1. The predicted molar refractivity (Wildman–Crippen MR) is 115 cm³/mol. The van der Waals surface area contributed by atoms with E-state index in [1.807, 2.05) is 17.8 Å². The highest BCUT2D eigenvalue weighted by Crippen LogP contribution is 2.14. The van der Waals surface area contributed by atoms with Gasteiger partial charge in [0, 0.05) is 31.4 Å². The Kier molecular flexibility index (Phi) is 9.11. The summed E-state index contributed by atoms with van der Waals surface area (Å²) in [5.41, 5.74) is 4.55. The molecule has 0 spiro atoms. The van der Waals surface area contributed by atoms with Gasteiger partial charge >= 0.3 is 0 Å². The lowest BCUT2D eigenvalue weighted by Gasteiger charge is -2.18. The van der Waals surface area contributed by atoms with Crippen LogP contribution in [0, 0.1) is 13.8 Å². The van der Waals surface area contributed by atoms with Gasteiger partial charge in [-0.1, -0.05) is 12.1 Å². The SMILES string of the molecule is CCNC(=NCc1cc(CC)no1)NC(C)Cc1c(C)nn(C)c1C.I. The molecule has 0 saturated heterocycles. The van der Waals surface area contributed by atoms with Crippen LogP contribution >= 0.6 is 24.0 Å². The van der Waals surface area contributed by atoms with Crippen LogP contribution in [-0.4, -0.2) is 33.5 Å². The zero-order valence-corrected chi connectivity index (χ0v) is 18.9. The van der Waals surface area contributed by atoms with Crippen molar-refractivity contribution in [2.45, 2.75) is 60.0 Å². The lowest BCUT2D eigenvalue weighted by molar-refractivity contribution is 0.379. The first kappa shape index (κ1) is 22.5. The number of nitrogens with zero attached hydrogens (tertiary/aromatic N) is 4. The zero-order chi connectivity index (χ0) is 18.4. The number of nitrogens with one attached hydrogen (secondary N) is 2. The predicted octanol–water partition coefficient (Wildman–Crippen LogP) is 2.89. The maximum atomic E-state index is 5.30. The molecule has 0 bridgehead atoms. The first-order chi connectivity index (χ1) is 11.9.